The molecular weight excluding hydrogens is 419 g/mol. The van der Waals surface area contributed by atoms with Crippen molar-refractivity contribution in [2.24, 2.45) is 5.84 Å². The summed E-state index contributed by atoms with van der Waals surface area (Å²) < 4.78 is 15.3. The zero-order valence-corrected chi connectivity index (χ0v) is 15.1. The second kappa shape index (κ2) is 8.29. The fraction of sp³-hybridized carbons (Fsp3) is 0.200. The molecule has 2 aromatic rings. The number of nitrogens with one attached hydrogen (secondary N) is 1. The van der Waals surface area contributed by atoms with Crippen molar-refractivity contribution in [3.63, 3.8) is 0 Å². The number of benzene rings is 2. The first-order chi connectivity index (χ1) is 10.1. The van der Waals surface area contributed by atoms with Crippen molar-refractivity contribution in [2.45, 2.75) is 17.4 Å². The second-order valence-corrected chi connectivity index (χ2v) is 7.44. The molecule has 0 amide bonds. The molecule has 0 aromatic heterocycles. The van der Waals surface area contributed by atoms with Gasteiger partial charge in [-0.25, -0.2) is 4.39 Å². The van der Waals surface area contributed by atoms with E-state index < -0.39 is 0 Å². The van der Waals surface area contributed by atoms with Gasteiger partial charge in [0.15, 0.2) is 0 Å². The molecule has 0 aliphatic heterocycles. The molecule has 0 fully saturated rings. The van der Waals surface area contributed by atoms with Gasteiger partial charge in [0.2, 0.25) is 0 Å². The summed E-state index contributed by atoms with van der Waals surface area (Å²) in [7, 11) is 0. The lowest BCUT2D eigenvalue weighted by molar-refractivity contribution is 0.569. The second-order valence-electron chi connectivity index (χ2n) is 4.57. The largest absolute Gasteiger partial charge is 0.271 e. The minimum absolute atomic E-state index is 0.0621. The molecule has 112 valence electrons. The molecule has 1 atom stereocenters. The highest BCUT2D eigenvalue weighted by molar-refractivity contribution is 9.10. The maximum atomic E-state index is 13.3. The lowest BCUT2D eigenvalue weighted by Crippen LogP contribution is -2.38. The van der Waals surface area contributed by atoms with E-state index in [4.69, 9.17) is 5.84 Å². The zero-order valence-electron chi connectivity index (χ0n) is 11.2. The number of hydrogen-bond donors (Lipinski definition) is 2. The predicted octanol–water partition coefficient (Wildman–Crippen LogP) is 4.52. The summed E-state index contributed by atoms with van der Waals surface area (Å²) >= 11 is 8.62. The van der Waals surface area contributed by atoms with Crippen LogP contribution in [0.2, 0.25) is 0 Å². The fourth-order valence-electron chi connectivity index (χ4n) is 1.88. The number of hydrogen-bond acceptors (Lipinski definition) is 3. The van der Waals surface area contributed by atoms with E-state index in [1.54, 1.807) is 17.8 Å². The minimum Gasteiger partial charge on any atom is -0.271 e. The van der Waals surface area contributed by atoms with Gasteiger partial charge in [-0.3, -0.25) is 11.3 Å². The van der Waals surface area contributed by atoms with Crippen LogP contribution in [-0.2, 0) is 6.42 Å². The summed E-state index contributed by atoms with van der Waals surface area (Å²) in [6.07, 6.45) is 0.663. The molecule has 0 bridgehead atoms. The van der Waals surface area contributed by atoms with Crippen LogP contribution in [0.4, 0.5) is 4.39 Å². The Balaban J connectivity index is 1.98. The Morgan fingerprint density at radius 3 is 2.71 bits per heavy atom. The third-order valence-corrected chi connectivity index (χ3v) is 5.38. The van der Waals surface area contributed by atoms with Crippen LogP contribution in [0.15, 0.2) is 56.3 Å². The highest BCUT2D eigenvalue weighted by Gasteiger charge is 2.11. The molecule has 6 heteroatoms. The fourth-order valence-corrected chi connectivity index (χ4v) is 3.84. The summed E-state index contributed by atoms with van der Waals surface area (Å²) in [5.41, 5.74) is 3.72. The first kappa shape index (κ1) is 17.0. The number of nitrogens with two attached hydrogens (primary N) is 1. The van der Waals surface area contributed by atoms with Gasteiger partial charge in [-0.2, -0.15) is 0 Å². The molecule has 0 aliphatic rings. The lowest BCUT2D eigenvalue weighted by Gasteiger charge is -2.16. The average molecular weight is 434 g/mol. The molecule has 2 nitrogen and oxygen atoms in total. The molecule has 0 saturated carbocycles. The maximum absolute atomic E-state index is 13.3. The zero-order chi connectivity index (χ0) is 15.2. The monoisotopic (exact) mass is 432 g/mol. The van der Waals surface area contributed by atoms with Gasteiger partial charge in [0.05, 0.1) is 0 Å². The summed E-state index contributed by atoms with van der Waals surface area (Å²) in [5, 5.41) is 0. The number of halogens is 3. The van der Waals surface area contributed by atoms with Crippen LogP contribution in [0, 0.1) is 5.82 Å². The standard InChI is InChI=1S/C15H15Br2FN2S/c16-11-2-1-3-14(8-11)21-9-13(20-19)7-10-6-12(18)4-5-15(10)17/h1-6,8,13,20H,7,9,19H2. The van der Waals surface area contributed by atoms with Crippen molar-refractivity contribution in [2.75, 3.05) is 5.75 Å². The third-order valence-electron chi connectivity index (χ3n) is 2.96. The van der Waals surface area contributed by atoms with E-state index in [9.17, 15) is 4.39 Å². The molecule has 0 aliphatic carbocycles. The van der Waals surface area contributed by atoms with Crippen LogP contribution in [0.5, 0.6) is 0 Å². The Bertz CT molecular complexity index is 610. The normalized spacial score (nSPS) is 12.4. The number of rotatable bonds is 6. The Labute approximate surface area is 144 Å². The van der Waals surface area contributed by atoms with Crippen LogP contribution in [0.3, 0.4) is 0 Å². The van der Waals surface area contributed by atoms with E-state index in [0.29, 0.717) is 6.42 Å². The first-order valence-corrected chi connectivity index (χ1v) is 8.94. The van der Waals surface area contributed by atoms with Gasteiger partial charge >= 0.3 is 0 Å². The van der Waals surface area contributed by atoms with Crippen molar-refractivity contribution in [3.8, 4) is 0 Å². The van der Waals surface area contributed by atoms with E-state index in [1.165, 1.54) is 17.0 Å². The molecule has 0 saturated heterocycles. The Morgan fingerprint density at radius 1 is 1.19 bits per heavy atom. The highest BCUT2D eigenvalue weighted by Crippen LogP contribution is 2.24. The van der Waals surface area contributed by atoms with Crippen LogP contribution in [-0.4, -0.2) is 11.8 Å². The SMILES string of the molecule is NNC(CSc1cccc(Br)c1)Cc1cc(F)ccc1Br. The summed E-state index contributed by atoms with van der Waals surface area (Å²) in [6, 6.07) is 12.9. The number of hydrazine groups is 1. The maximum Gasteiger partial charge on any atom is 0.123 e. The summed E-state index contributed by atoms with van der Waals surface area (Å²) in [6.45, 7) is 0. The van der Waals surface area contributed by atoms with Gasteiger partial charge in [0.25, 0.3) is 0 Å². The van der Waals surface area contributed by atoms with Gasteiger partial charge in [-0.15, -0.1) is 11.8 Å². The Hall–Kier alpha value is -0.400. The molecular formula is C15H15Br2FN2S. The van der Waals surface area contributed by atoms with Crippen LogP contribution in [0.1, 0.15) is 5.56 Å². The van der Waals surface area contributed by atoms with Crippen LogP contribution in [0.25, 0.3) is 0 Å². The Kier molecular flexibility index (Phi) is 6.70. The molecule has 0 spiro atoms. The van der Waals surface area contributed by atoms with E-state index in [2.05, 4.69) is 49.4 Å². The highest BCUT2D eigenvalue weighted by atomic mass is 79.9. The van der Waals surface area contributed by atoms with Gasteiger partial charge in [0.1, 0.15) is 5.82 Å². The molecule has 2 aromatic carbocycles. The smallest absolute Gasteiger partial charge is 0.123 e. The molecule has 1 unspecified atom stereocenters. The van der Waals surface area contributed by atoms with Crippen molar-refractivity contribution < 1.29 is 4.39 Å². The van der Waals surface area contributed by atoms with Gasteiger partial charge in [-0.1, -0.05) is 37.9 Å². The van der Waals surface area contributed by atoms with Gasteiger partial charge in [-0.05, 0) is 48.4 Å². The van der Waals surface area contributed by atoms with E-state index in [1.807, 2.05) is 12.1 Å². The van der Waals surface area contributed by atoms with Crippen molar-refractivity contribution >= 4 is 43.6 Å². The molecule has 2 rings (SSSR count). The number of thioether (sulfide) groups is 1. The van der Waals surface area contributed by atoms with Crippen LogP contribution >= 0.6 is 43.6 Å². The van der Waals surface area contributed by atoms with Crippen molar-refractivity contribution in [1.82, 2.24) is 5.43 Å². The van der Waals surface area contributed by atoms with Crippen LogP contribution < -0.4 is 11.3 Å². The topological polar surface area (TPSA) is 38.0 Å². The molecule has 0 radical (unpaired) electrons. The molecule has 3 N–H and O–H groups in total. The van der Waals surface area contributed by atoms with E-state index in [-0.39, 0.29) is 11.9 Å². The average Bonchev–Trinajstić information content (AvgIpc) is 2.47. The molecule has 0 heterocycles. The van der Waals surface area contributed by atoms with Gasteiger partial charge in [0, 0.05) is 25.6 Å². The molecule has 21 heavy (non-hydrogen) atoms. The lowest BCUT2D eigenvalue weighted by atomic mass is 10.1. The quantitative estimate of drug-likeness (QED) is 0.399. The first-order valence-electron chi connectivity index (χ1n) is 6.37. The summed E-state index contributed by atoms with van der Waals surface area (Å²) in [4.78, 5) is 1.17. The van der Waals surface area contributed by atoms with Crippen molar-refractivity contribution in [3.05, 3.63) is 62.8 Å². The Morgan fingerprint density at radius 2 is 2.00 bits per heavy atom. The van der Waals surface area contributed by atoms with Crippen molar-refractivity contribution in [1.29, 1.82) is 0 Å². The minimum atomic E-state index is -0.233. The van der Waals surface area contributed by atoms with Gasteiger partial charge < -0.3 is 0 Å². The predicted molar refractivity (Wildman–Crippen MR) is 93.8 cm³/mol. The summed E-state index contributed by atoms with van der Waals surface area (Å²) in [5.74, 6) is 6.19. The van der Waals surface area contributed by atoms with E-state index >= 15 is 0 Å². The van der Waals surface area contributed by atoms with E-state index in [0.717, 1.165) is 20.3 Å². The third kappa shape index (κ3) is 5.38.